The normalized spacial score (nSPS) is 22.3. The van der Waals surface area contributed by atoms with Crippen LogP contribution in [0.5, 0.6) is 5.75 Å². The van der Waals surface area contributed by atoms with Gasteiger partial charge >= 0.3 is 0 Å². The molecule has 0 radical (unpaired) electrons. The maximum atomic E-state index is 14.5. The van der Waals surface area contributed by atoms with Crippen LogP contribution in [-0.2, 0) is 0 Å². The smallest absolute Gasteiger partial charge is 0.195 e. The molecule has 0 saturated carbocycles. The Kier molecular flexibility index (Phi) is 5.03. The molecule has 7 rings (SSSR count). The first kappa shape index (κ1) is 22.9. The first-order valence-electron chi connectivity index (χ1n) is 12.5. The fraction of sp³-hybridized carbons (Fsp3) is 0.156. The molecule has 6 heteroatoms. The second-order valence-corrected chi connectivity index (χ2v) is 10.8. The number of ketones is 3. The van der Waals surface area contributed by atoms with Gasteiger partial charge in [0.1, 0.15) is 17.2 Å². The maximum Gasteiger partial charge on any atom is 0.195 e. The number of rotatable bonds is 4. The molecule has 3 aromatic carbocycles. The molecule has 0 unspecified atom stereocenters. The van der Waals surface area contributed by atoms with Crippen molar-refractivity contribution in [3.05, 3.63) is 124 Å². The van der Waals surface area contributed by atoms with Crippen molar-refractivity contribution in [3.8, 4) is 5.75 Å². The van der Waals surface area contributed by atoms with Crippen molar-refractivity contribution in [3.63, 3.8) is 0 Å². The topological polar surface area (TPSA) is 63.7 Å². The number of methoxy groups -OCH3 is 1. The number of Topliss-reactive ketones (excluding diaryl/α,β-unsaturated/α-hetero) is 3. The van der Waals surface area contributed by atoms with Gasteiger partial charge in [-0.25, -0.2) is 0 Å². The summed E-state index contributed by atoms with van der Waals surface area (Å²) in [5.41, 5.74) is 1.92. The van der Waals surface area contributed by atoms with Crippen LogP contribution >= 0.6 is 11.3 Å². The Balaban J connectivity index is 1.55. The van der Waals surface area contributed by atoms with E-state index in [1.165, 1.54) is 11.3 Å². The predicted octanol–water partition coefficient (Wildman–Crippen LogP) is 6.07. The quantitative estimate of drug-likeness (QED) is 0.243. The molecule has 0 bridgehead atoms. The Morgan fingerprint density at radius 3 is 2.21 bits per heavy atom. The molecule has 38 heavy (non-hydrogen) atoms. The summed E-state index contributed by atoms with van der Waals surface area (Å²) in [6.45, 7) is 0. The van der Waals surface area contributed by atoms with E-state index in [0.717, 1.165) is 16.8 Å². The van der Waals surface area contributed by atoms with Gasteiger partial charge in [0, 0.05) is 22.7 Å². The minimum absolute atomic E-state index is 0.0932. The van der Waals surface area contributed by atoms with Crippen LogP contribution in [-0.4, -0.2) is 36.5 Å². The number of fused-ring (bicyclic) bond motifs is 5. The van der Waals surface area contributed by atoms with Crippen LogP contribution in [0.15, 0.2) is 96.4 Å². The third-order valence-electron chi connectivity index (χ3n) is 8.22. The number of ether oxygens (including phenoxy) is 1. The van der Waals surface area contributed by atoms with Crippen LogP contribution in [0.25, 0.3) is 6.08 Å². The summed E-state index contributed by atoms with van der Waals surface area (Å²) < 4.78 is 5.40. The van der Waals surface area contributed by atoms with Crippen molar-refractivity contribution >= 4 is 40.4 Å². The fourth-order valence-electron chi connectivity index (χ4n) is 6.67. The van der Waals surface area contributed by atoms with Gasteiger partial charge in [-0.05, 0) is 40.8 Å². The number of carbonyl (C=O) groups excluding carboxylic acids is 3. The summed E-state index contributed by atoms with van der Waals surface area (Å²) in [6.07, 6.45) is 3.92. The lowest BCUT2D eigenvalue weighted by molar-refractivity contribution is 0.0666. The summed E-state index contributed by atoms with van der Waals surface area (Å²) in [7, 11) is 1.60. The molecule has 3 aliphatic rings. The minimum Gasteiger partial charge on any atom is -0.497 e. The van der Waals surface area contributed by atoms with Crippen molar-refractivity contribution in [2.24, 2.45) is 5.41 Å². The van der Waals surface area contributed by atoms with Crippen molar-refractivity contribution < 1.29 is 19.1 Å². The molecule has 4 aromatic rings. The first-order valence-corrected chi connectivity index (χ1v) is 13.4. The Labute approximate surface area is 224 Å². The maximum absolute atomic E-state index is 14.5. The van der Waals surface area contributed by atoms with Crippen LogP contribution in [0.4, 0.5) is 5.69 Å². The van der Waals surface area contributed by atoms with Gasteiger partial charge in [0.15, 0.2) is 17.3 Å². The van der Waals surface area contributed by atoms with E-state index in [0.29, 0.717) is 21.8 Å². The Morgan fingerprint density at radius 1 is 0.868 bits per heavy atom. The van der Waals surface area contributed by atoms with Gasteiger partial charge in [-0.3, -0.25) is 14.4 Å². The number of benzene rings is 3. The largest absolute Gasteiger partial charge is 0.497 e. The van der Waals surface area contributed by atoms with E-state index in [-0.39, 0.29) is 17.3 Å². The third kappa shape index (κ3) is 2.89. The van der Waals surface area contributed by atoms with Crippen LogP contribution in [0.2, 0.25) is 0 Å². The van der Waals surface area contributed by atoms with E-state index in [1.807, 2.05) is 83.1 Å². The van der Waals surface area contributed by atoms with Gasteiger partial charge in [0.05, 0.1) is 18.0 Å². The number of anilines is 1. The third-order valence-corrected chi connectivity index (χ3v) is 9.10. The second kappa shape index (κ2) is 8.36. The molecule has 3 atom stereocenters. The highest BCUT2D eigenvalue weighted by Crippen LogP contribution is 2.61. The first-order chi connectivity index (χ1) is 18.6. The number of para-hydroxylation sites is 1. The highest BCUT2D eigenvalue weighted by atomic mass is 32.1. The van der Waals surface area contributed by atoms with Crippen LogP contribution < -0.4 is 9.64 Å². The van der Waals surface area contributed by atoms with Gasteiger partial charge in [-0.15, -0.1) is 11.3 Å². The molecule has 1 aliphatic carbocycles. The summed E-state index contributed by atoms with van der Waals surface area (Å²) in [5, 5.41) is 1.88. The van der Waals surface area contributed by atoms with E-state index < -0.39 is 23.4 Å². The molecule has 1 saturated heterocycles. The highest BCUT2D eigenvalue weighted by molar-refractivity contribution is 7.12. The lowest BCUT2D eigenvalue weighted by Crippen LogP contribution is -2.48. The lowest BCUT2D eigenvalue weighted by Gasteiger charge is -2.37. The van der Waals surface area contributed by atoms with Gasteiger partial charge < -0.3 is 9.64 Å². The van der Waals surface area contributed by atoms with Crippen molar-refractivity contribution in [1.29, 1.82) is 0 Å². The zero-order valence-corrected chi connectivity index (χ0v) is 21.4. The molecule has 5 nitrogen and oxygen atoms in total. The van der Waals surface area contributed by atoms with Crippen LogP contribution in [0.1, 0.15) is 47.4 Å². The summed E-state index contributed by atoms with van der Waals surface area (Å²) in [6, 6.07) is 24.6. The van der Waals surface area contributed by atoms with E-state index in [4.69, 9.17) is 4.74 Å². The summed E-state index contributed by atoms with van der Waals surface area (Å²) in [4.78, 5) is 46.1. The van der Waals surface area contributed by atoms with E-state index in [9.17, 15) is 14.4 Å². The summed E-state index contributed by atoms with van der Waals surface area (Å²) >= 11 is 1.38. The molecule has 0 amide bonds. The Hall–Kier alpha value is -4.29. The van der Waals surface area contributed by atoms with E-state index in [1.54, 1.807) is 31.4 Å². The SMILES string of the molecule is COc1ccc([C@@H]2[C@@H](C(=O)c3cccs3)N3c4ccccc4C=C[C@H]3C23C(=O)c2ccccc2C3=O)cc1. The average molecular weight is 518 g/mol. The molecular weight excluding hydrogens is 494 g/mol. The Morgan fingerprint density at radius 2 is 1.55 bits per heavy atom. The van der Waals surface area contributed by atoms with Crippen molar-refractivity contribution in [1.82, 2.24) is 0 Å². The highest BCUT2D eigenvalue weighted by Gasteiger charge is 2.71. The predicted molar refractivity (Wildman–Crippen MR) is 147 cm³/mol. The number of hydrogen-bond acceptors (Lipinski definition) is 6. The van der Waals surface area contributed by atoms with Gasteiger partial charge in [0.25, 0.3) is 0 Å². The Bertz CT molecular complexity index is 1600. The molecule has 1 spiro atoms. The molecular formula is C32H23NO4S. The molecule has 3 heterocycles. The van der Waals surface area contributed by atoms with E-state index >= 15 is 0 Å². The minimum atomic E-state index is -1.49. The fourth-order valence-corrected chi connectivity index (χ4v) is 7.36. The average Bonchev–Trinajstić information content (AvgIpc) is 3.66. The van der Waals surface area contributed by atoms with Crippen LogP contribution in [0, 0.1) is 5.41 Å². The van der Waals surface area contributed by atoms with Gasteiger partial charge in [-0.1, -0.05) is 72.8 Å². The number of hydrogen-bond donors (Lipinski definition) is 0. The molecule has 2 aliphatic heterocycles. The van der Waals surface area contributed by atoms with Gasteiger partial charge in [-0.2, -0.15) is 0 Å². The zero-order chi connectivity index (χ0) is 26.0. The van der Waals surface area contributed by atoms with Crippen molar-refractivity contribution in [2.75, 3.05) is 12.0 Å². The molecule has 186 valence electrons. The van der Waals surface area contributed by atoms with Crippen LogP contribution in [0.3, 0.4) is 0 Å². The zero-order valence-electron chi connectivity index (χ0n) is 20.5. The monoisotopic (exact) mass is 517 g/mol. The van der Waals surface area contributed by atoms with Crippen molar-refractivity contribution in [2.45, 2.75) is 18.0 Å². The van der Waals surface area contributed by atoms with Gasteiger partial charge in [0.2, 0.25) is 0 Å². The molecule has 0 N–H and O–H groups in total. The molecule has 1 aromatic heterocycles. The number of nitrogens with zero attached hydrogens (tertiary/aromatic N) is 1. The molecule has 1 fully saturated rings. The lowest BCUT2D eigenvalue weighted by atomic mass is 9.64. The summed E-state index contributed by atoms with van der Waals surface area (Å²) in [5.74, 6) is -0.586. The standard InChI is InChI=1S/C32H23NO4S/c1-37-21-15-12-20(13-16-21)27-28(29(34)25-11-6-18-38-25)33-24-10-5-2-7-19(24)14-17-26(33)32(27)30(35)22-8-3-4-9-23(22)31(32)36/h2-18,26-28H,1H3/t26-,27+,28-/m0/s1. The number of carbonyl (C=O) groups is 3. The van der Waals surface area contributed by atoms with E-state index in [2.05, 4.69) is 0 Å². The number of thiophene rings is 1. The second-order valence-electron chi connectivity index (χ2n) is 9.88.